The number of carbonyl (C=O) groups is 1. The van der Waals surface area contributed by atoms with Gasteiger partial charge in [0.1, 0.15) is 0 Å². The molecule has 3 heteroatoms. The van der Waals surface area contributed by atoms with Crippen molar-refractivity contribution in [2.24, 2.45) is 5.92 Å². The molecule has 0 aromatic carbocycles. The van der Waals surface area contributed by atoms with Crippen molar-refractivity contribution in [1.29, 1.82) is 0 Å². The minimum absolute atomic E-state index is 0.301. The van der Waals surface area contributed by atoms with Gasteiger partial charge in [-0.25, -0.2) is 0 Å². The third kappa shape index (κ3) is 2.97. The summed E-state index contributed by atoms with van der Waals surface area (Å²) in [5.74, 6) is 0.645. The van der Waals surface area contributed by atoms with Gasteiger partial charge in [-0.1, -0.05) is 35.2 Å². The molecule has 2 nitrogen and oxygen atoms in total. The maximum absolute atomic E-state index is 12.0. The van der Waals surface area contributed by atoms with E-state index in [1.54, 1.807) is 0 Å². The summed E-state index contributed by atoms with van der Waals surface area (Å²) in [5, 5.41) is 0.863. The number of rotatable bonds is 3. The molecule has 1 aliphatic rings. The molecule has 0 aromatic rings. The first-order chi connectivity index (χ1) is 6.66. The lowest BCUT2D eigenvalue weighted by molar-refractivity contribution is -0.136. The molecule has 0 bridgehead atoms. The molecule has 82 valence electrons. The predicted octanol–water partition coefficient (Wildman–Crippen LogP) is 2.81. The van der Waals surface area contributed by atoms with Crippen LogP contribution >= 0.6 is 15.9 Å². The van der Waals surface area contributed by atoms with Gasteiger partial charge in [0.25, 0.3) is 0 Å². The third-order valence-corrected chi connectivity index (χ3v) is 4.12. The van der Waals surface area contributed by atoms with Gasteiger partial charge in [-0.2, -0.15) is 0 Å². The van der Waals surface area contributed by atoms with E-state index in [2.05, 4.69) is 22.9 Å². The highest BCUT2D eigenvalue weighted by molar-refractivity contribution is 9.09. The van der Waals surface area contributed by atoms with Crippen molar-refractivity contribution in [2.45, 2.75) is 45.1 Å². The van der Waals surface area contributed by atoms with Gasteiger partial charge in [0.2, 0.25) is 5.91 Å². The molecule has 0 N–H and O–H groups in total. The van der Waals surface area contributed by atoms with E-state index < -0.39 is 0 Å². The molecule has 1 atom stereocenters. The summed E-state index contributed by atoms with van der Waals surface area (Å²) in [6.45, 7) is 2.08. The first-order valence-electron chi connectivity index (χ1n) is 5.49. The van der Waals surface area contributed by atoms with Crippen LogP contribution in [0.25, 0.3) is 0 Å². The summed E-state index contributed by atoms with van der Waals surface area (Å²) < 4.78 is 0. The van der Waals surface area contributed by atoms with E-state index in [1.807, 2.05) is 11.9 Å². The standard InChI is InChI=1S/C11H20BrNO/c1-9(8-12)13(2)11(14)10-6-4-3-5-7-10/h9-10H,3-8H2,1-2H3. The number of nitrogens with zero attached hydrogens (tertiary/aromatic N) is 1. The van der Waals surface area contributed by atoms with Crippen molar-refractivity contribution in [1.82, 2.24) is 4.90 Å². The average molecular weight is 262 g/mol. The zero-order valence-corrected chi connectivity index (χ0v) is 10.7. The summed E-state index contributed by atoms with van der Waals surface area (Å²) in [6.07, 6.45) is 5.96. The number of alkyl halides is 1. The van der Waals surface area contributed by atoms with Crippen LogP contribution in [-0.2, 0) is 4.79 Å². The normalized spacial score (nSPS) is 20.5. The average Bonchev–Trinajstić information content (AvgIpc) is 2.27. The van der Waals surface area contributed by atoms with Crippen LogP contribution in [0.1, 0.15) is 39.0 Å². The van der Waals surface area contributed by atoms with E-state index in [0.717, 1.165) is 18.2 Å². The van der Waals surface area contributed by atoms with Gasteiger partial charge >= 0.3 is 0 Å². The van der Waals surface area contributed by atoms with Gasteiger partial charge in [0.05, 0.1) is 0 Å². The van der Waals surface area contributed by atoms with E-state index in [9.17, 15) is 4.79 Å². The second-order valence-electron chi connectivity index (χ2n) is 4.29. The molecule has 0 heterocycles. The molecule has 14 heavy (non-hydrogen) atoms. The topological polar surface area (TPSA) is 20.3 Å². The molecule has 1 fully saturated rings. The lowest BCUT2D eigenvalue weighted by Crippen LogP contribution is -2.40. The smallest absolute Gasteiger partial charge is 0.225 e. The molecule has 1 amide bonds. The fourth-order valence-corrected chi connectivity index (χ4v) is 2.39. The lowest BCUT2D eigenvalue weighted by atomic mass is 9.88. The van der Waals surface area contributed by atoms with Crippen LogP contribution in [0.3, 0.4) is 0 Å². The molecular weight excluding hydrogens is 242 g/mol. The summed E-state index contributed by atoms with van der Waals surface area (Å²) in [7, 11) is 1.92. The van der Waals surface area contributed by atoms with Gasteiger partial charge in [-0.3, -0.25) is 4.79 Å². The predicted molar refractivity (Wildman–Crippen MR) is 62.6 cm³/mol. The van der Waals surface area contributed by atoms with Crippen LogP contribution < -0.4 is 0 Å². The molecule has 0 aromatic heterocycles. The van der Waals surface area contributed by atoms with Crippen molar-refractivity contribution < 1.29 is 4.79 Å². The number of halogens is 1. The van der Waals surface area contributed by atoms with Gasteiger partial charge < -0.3 is 4.90 Å². The van der Waals surface area contributed by atoms with Crippen LogP contribution in [-0.4, -0.2) is 29.2 Å². The van der Waals surface area contributed by atoms with Crippen molar-refractivity contribution in [2.75, 3.05) is 12.4 Å². The maximum atomic E-state index is 12.0. The Balaban J connectivity index is 2.46. The Morgan fingerprint density at radius 2 is 2.00 bits per heavy atom. The summed E-state index contributed by atoms with van der Waals surface area (Å²) in [6, 6.07) is 0.310. The number of hydrogen-bond donors (Lipinski definition) is 0. The van der Waals surface area contributed by atoms with Gasteiger partial charge in [0.15, 0.2) is 0 Å². The number of carbonyl (C=O) groups excluding carboxylic acids is 1. The summed E-state index contributed by atoms with van der Waals surface area (Å²) in [5.41, 5.74) is 0. The molecule has 1 aliphatic carbocycles. The Hall–Kier alpha value is -0.0500. The second-order valence-corrected chi connectivity index (χ2v) is 4.93. The zero-order valence-electron chi connectivity index (χ0n) is 9.13. The van der Waals surface area contributed by atoms with Gasteiger partial charge in [-0.15, -0.1) is 0 Å². The Morgan fingerprint density at radius 1 is 1.43 bits per heavy atom. The van der Waals surface area contributed by atoms with Crippen molar-refractivity contribution in [3.05, 3.63) is 0 Å². The number of amides is 1. The van der Waals surface area contributed by atoms with E-state index >= 15 is 0 Å². The van der Waals surface area contributed by atoms with E-state index in [4.69, 9.17) is 0 Å². The fraction of sp³-hybridized carbons (Fsp3) is 0.909. The molecule has 1 unspecified atom stereocenters. The molecular formula is C11H20BrNO. The molecule has 0 spiro atoms. The molecule has 0 aliphatic heterocycles. The van der Waals surface area contributed by atoms with Gasteiger partial charge in [0, 0.05) is 24.3 Å². The molecule has 0 radical (unpaired) electrons. The first-order valence-corrected chi connectivity index (χ1v) is 6.61. The van der Waals surface area contributed by atoms with Crippen molar-refractivity contribution >= 4 is 21.8 Å². The van der Waals surface area contributed by atoms with Crippen molar-refractivity contribution in [3.8, 4) is 0 Å². The highest BCUT2D eigenvalue weighted by Gasteiger charge is 2.25. The van der Waals surface area contributed by atoms with E-state index in [1.165, 1.54) is 19.3 Å². The fourth-order valence-electron chi connectivity index (χ4n) is 1.96. The SMILES string of the molecule is CC(CBr)N(C)C(=O)C1CCCCC1. The Bertz CT molecular complexity index is 186. The van der Waals surface area contributed by atoms with Crippen LogP contribution in [0.2, 0.25) is 0 Å². The van der Waals surface area contributed by atoms with E-state index in [-0.39, 0.29) is 0 Å². The highest BCUT2D eigenvalue weighted by atomic mass is 79.9. The Morgan fingerprint density at radius 3 is 2.50 bits per heavy atom. The summed E-state index contributed by atoms with van der Waals surface area (Å²) in [4.78, 5) is 13.9. The Labute approximate surface area is 95.2 Å². The second kappa shape index (κ2) is 5.74. The lowest BCUT2D eigenvalue weighted by Gasteiger charge is -2.29. The van der Waals surface area contributed by atoms with Crippen LogP contribution in [0.5, 0.6) is 0 Å². The highest BCUT2D eigenvalue weighted by Crippen LogP contribution is 2.25. The van der Waals surface area contributed by atoms with E-state index in [0.29, 0.717) is 17.9 Å². The molecule has 0 saturated heterocycles. The Kier molecular flexibility index (Phi) is 4.93. The van der Waals surface area contributed by atoms with Crippen molar-refractivity contribution in [3.63, 3.8) is 0 Å². The zero-order chi connectivity index (χ0) is 10.6. The maximum Gasteiger partial charge on any atom is 0.225 e. The minimum atomic E-state index is 0.301. The molecule has 1 rings (SSSR count). The number of hydrogen-bond acceptors (Lipinski definition) is 1. The minimum Gasteiger partial charge on any atom is -0.342 e. The van der Waals surface area contributed by atoms with Gasteiger partial charge in [-0.05, 0) is 19.8 Å². The molecule has 1 saturated carbocycles. The quantitative estimate of drug-likeness (QED) is 0.716. The van der Waals surface area contributed by atoms with Crippen LogP contribution in [0, 0.1) is 5.92 Å². The first kappa shape index (κ1) is 12.0. The monoisotopic (exact) mass is 261 g/mol. The largest absolute Gasteiger partial charge is 0.342 e. The van der Waals surface area contributed by atoms with Crippen LogP contribution in [0.4, 0.5) is 0 Å². The summed E-state index contributed by atoms with van der Waals surface area (Å²) >= 11 is 3.41. The third-order valence-electron chi connectivity index (χ3n) is 3.19. The van der Waals surface area contributed by atoms with Crippen LogP contribution in [0.15, 0.2) is 0 Å².